The van der Waals surface area contributed by atoms with E-state index in [4.69, 9.17) is 0 Å². The van der Waals surface area contributed by atoms with Crippen LogP contribution in [0, 0.1) is 0 Å². The lowest BCUT2D eigenvalue weighted by Gasteiger charge is -1.87. The van der Waals surface area contributed by atoms with Gasteiger partial charge in [0.1, 0.15) is 0 Å². The number of nitrogens with zero attached hydrogens (tertiary/aromatic N) is 1. The molecule has 2 N–H and O–H groups in total. The van der Waals surface area contributed by atoms with E-state index in [-0.39, 0.29) is 0 Å². The first-order chi connectivity index (χ1) is 7.33. The molecule has 0 saturated carbocycles. The van der Waals surface area contributed by atoms with Gasteiger partial charge in [0.2, 0.25) is 0 Å². The van der Waals surface area contributed by atoms with Gasteiger partial charge in [-0.3, -0.25) is 0 Å². The van der Waals surface area contributed by atoms with Crippen molar-refractivity contribution in [1.82, 2.24) is 15.0 Å². The predicted octanol–water partition coefficient (Wildman–Crippen LogP) is 3.32. The van der Waals surface area contributed by atoms with Gasteiger partial charge in [0, 0.05) is 10.7 Å². The first-order valence-corrected chi connectivity index (χ1v) is 5.41. The molecule has 0 amide bonds. The fraction of sp³-hybridized carbons (Fsp3) is 0. The first-order valence-electron chi connectivity index (χ1n) is 4.62. The molecule has 3 rings (SSSR count). The second kappa shape index (κ2) is 3.24. The Balaban J connectivity index is 2.22. The number of hydrogen-bond acceptors (Lipinski definition) is 1. The highest BCUT2D eigenvalue weighted by molar-refractivity contribution is 9.10. The number of rotatable bonds is 1. The summed E-state index contributed by atoms with van der Waals surface area (Å²) in [7, 11) is 0. The SMILES string of the molecule is Brc1ccc2[nH]c(-c3ccc[nH]3)nc2c1. The van der Waals surface area contributed by atoms with E-state index in [1.807, 2.05) is 36.5 Å². The third kappa shape index (κ3) is 1.47. The van der Waals surface area contributed by atoms with E-state index in [1.165, 1.54) is 0 Å². The second-order valence-electron chi connectivity index (χ2n) is 3.33. The molecule has 0 spiro atoms. The number of imidazole rings is 1. The van der Waals surface area contributed by atoms with Crippen molar-refractivity contribution in [3.8, 4) is 11.5 Å². The molecule has 15 heavy (non-hydrogen) atoms. The normalized spacial score (nSPS) is 11.0. The maximum absolute atomic E-state index is 4.50. The van der Waals surface area contributed by atoms with Crippen molar-refractivity contribution in [3.63, 3.8) is 0 Å². The zero-order valence-electron chi connectivity index (χ0n) is 7.79. The van der Waals surface area contributed by atoms with Crippen molar-refractivity contribution in [1.29, 1.82) is 0 Å². The zero-order valence-corrected chi connectivity index (χ0v) is 9.38. The predicted molar refractivity (Wildman–Crippen MR) is 63.6 cm³/mol. The minimum absolute atomic E-state index is 0.869. The van der Waals surface area contributed by atoms with E-state index in [0.29, 0.717) is 0 Å². The van der Waals surface area contributed by atoms with Gasteiger partial charge >= 0.3 is 0 Å². The van der Waals surface area contributed by atoms with Crippen molar-refractivity contribution in [3.05, 3.63) is 41.0 Å². The summed E-state index contributed by atoms with van der Waals surface area (Å²) in [6, 6.07) is 9.96. The Morgan fingerprint density at radius 3 is 2.93 bits per heavy atom. The monoisotopic (exact) mass is 261 g/mol. The fourth-order valence-corrected chi connectivity index (χ4v) is 1.93. The Morgan fingerprint density at radius 2 is 2.13 bits per heavy atom. The topological polar surface area (TPSA) is 44.5 Å². The molecular formula is C11H8BrN3. The van der Waals surface area contributed by atoms with Crippen LogP contribution in [0.4, 0.5) is 0 Å². The van der Waals surface area contributed by atoms with Gasteiger partial charge in [-0.1, -0.05) is 15.9 Å². The zero-order chi connectivity index (χ0) is 10.3. The van der Waals surface area contributed by atoms with Crippen LogP contribution in [0.2, 0.25) is 0 Å². The number of benzene rings is 1. The van der Waals surface area contributed by atoms with E-state index in [9.17, 15) is 0 Å². The van der Waals surface area contributed by atoms with Crippen LogP contribution < -0.4 is 0 Å². The van der Waals surface area contributed by atoms with Crippen LogP contribution in [0.5, 0.6) is 0 Å². The maximum atomic E-state index is 4.50. The van der Waals surface area contributed by atoms with Gasteiger partial charge in [-0.2, -0.15) is 0 Å². The molecule has 2 heterocycles. The molecule has 1 aromatic carbocycles. The smallest absolute Gasteiger partial charge is 0.154 e. The summed E-state index contributed by atoms with van der Waals surface area (Å²) in [6.07, 6.45) is 1.89. The van der Waals surface area contributed by atoms with Gasteiger partial charge in [-0.15, -0.1) is 0 Å². The number of nitrogens with one attached hydrogen (secondary N) is 2. The van der Waals surface area contributed by atoms with Crippen LogP contribution in [0.1, 0.15) is 0 Å². The standard InChI is InChI=1S/C11H8BrN3/c12-7-3-4-8-10(6-7)15-11(14-8)9-2-1-5-13-9/h1-6,13H,(H,14,15). The molecule has 3 nitrogen and oxygen atoms in total. The number of H-pyrrole nitrogens is 2. The highest BCUT2D eigenvalue weighted by Gasteiger charge is 2.05. The molecular weight excluding hydrogens is 254 g/mol. The number of aromatic amines is 2. The number of halogens is 1. The summed E-state index contributed by atoms with van der Waals surface area (Å²) < 4.78 is 1.04. The molecule has 0 atom stereocenters. The van der Waals surface area contributed by atoms with Gasteiger partial charge in [-0.05, 0) is 30.3 Å². The fourth-order valence-electron chi connectivity index (χ4n) is 1.58. The molecule has 0 saturated heterocycles. The molecule has 0 unspecified atom stereocenters. The van der Waals surface area contributed by atoms with Crippen LogP contribution in [-0.2, 0) is 0 Å². The molecule has 0 radical (unpaired) electrons. The molecule has 0 bridgehead atoms. The Morgan fingerprint density at radius 1 is 1.20 bits per heavy atom. The van der Waals surface area contributed by atoms with Crippen LogP contribution >= 0.6 is 15.9 Å². The van der Waals surface area contributed by atoms with E-state index in [1.54, 1.807) is 0 Å². The van der Waals surface area contributed by atoms with Gasteiger partial charge < -0.3 is 9.97 Å². The first kappa shape index (κ1) is 8.73. The van der Waals surface area contributed by atoms with Crippen molar-refractivity contribution in [2.75, 3.05) is 0 Å². The third-order valence-electron chi connectivity index (χ3n) is 2.30. The number of aromatic nitrogens is 3. The van der Waals surface area contributed by atoms with Gasteiger partial charge in [0.25, 0.3) is 0 Å². The Hall–Kier alpha value is -1.55. The van der Waals surface area contributed by atoms with Gasteiger partial charge in [0.05, 0.1) is 16.7 Å². The number of hydrogen-bond donors (Lipinski definition) is 2. The summed E-state index contributed by atoms with van der Waals surface area (Å²) in [5.74, 6) is 0.869. The number of fused-ring (bicyclic) bond motifs is 1. The summed E-state index contributed by atoms with van der Waals surface area (Å²) in [4.78, 5) is 10.9. The molecule has 3 aromatic rings. The van der Waals surface area contributed by atoms with Crippen molar-refractivity contribution in [2.45, 2.75) is 0 Å². The molecule has 0 aliphatic carbocycles. The molecule has 0 fully saturated rings. The minimum atomic E-state index is 0.869. The van der Waals surface area contributed by atoms with Crippen LogP contribution in [0.25, 0.3) is 22.6 Å². The molecule has 4 heteroatoms. The van der Waals surface area contributed by atoms with Crippen LogP contribution in [-0.4, -0.2) is 15.0 Å². The average molecular weight is 262 g/mol. The second-order valence-corrected chi connectivity index (χ2v) is 4.25. The minimum Gasteiger partial charge on any atom is -0.359 e. The summed E-state index contributed by atoms with van der Waals surface area (Å²) in [5.41, 5.74) is 3.01. The van der Waals surface area contributed by atoms with E-state index >= 15 is 0 Å². The summed E-state index contributed by atoms with van der Waals surface area (Å²) in [6.45, 7) is 0. The summed E-state index contributed by atoms with van der Waals surface area (Å²) in [5, 5.41) is 0. The lowest BCUT2D eigenvalue weighted by atomic mass is 10.3. The van der Waals surface area contributed by atoms with E-state index < -0.39 is 0 Å². The van der Waals surface area contributed by atoms with E-state index in [2.05, 4.69) is 30.9 Å². The van der Waals surface area contributed by atoms with Crippen molar-refractivity contribution in [2.24, 2.45) is 0 Å². The molecule has 2 aromatic heterocycles. The maximum Gasteiger partial charge on any atom is 0.154 e. The van der Waals surface area contributed by atoms with Crippen LogP contribution in [0.15, 0.2) is 41.0 Å². The highest BCUT2D eigenvalue weighted by Crippen LogP contribution is 2.21. The lowest BCUT2D eigenvalue weighted by molar-refractivity contribution is 1.27. The largest absolute Gasteiger partial charge is 0.359 e. The third-order valence-corrected chi connectivity index (χ3v) is 2.79. The Kier molecular flexibility index (Phi) is 1.89. The highest BCUT2D eigenvalue weighted by atomic mass is 79.9. The van der Waals surface area contributed by atoms with Crippen molar-refractivity contribution < 1.29 is 0 Å². The van der Waals surface area contributed by atoms with Crippen LogP contribution in [0.3, 0.4) is 0 Å². The molecule has 74 valence electrons. The average Bonchev–Trinajstić information content (AvgIpc) is 2.84. The van der Waals surface area contributed by atoms with Crippen molar-refractivity contribution >= 4 is 27.0 Å². The molecule has 0 aliphatic heterocycles. The lowest BCUT2D eigenvalue weighted by Crippen LogP contribution is -1.77. The quantitative estimate of drug-likeness (QED) is 0.694. The Bertz CT molecular complexity index is 595. The van der Waals surface area contributed by atoms with Gasteiger partial charge in [0.15, 0.2) is 5.82 Å². The van der Waals surface area contributed by atoms with Gasteiger partial charge in [-0.25, -0.2) is 4.98 Å². The summed E-state index contributed by atoms with van der Waals surface area (Å²) >= 11 is 3.43. The Labute approximate surface area is 94.7 Å². The van der Waals surface area contributed by atoms with E-state index in [0.717, 1.165) is 27.0 Å². The molecule has 0 aliphatic rings.